The van der Waals surface area contributed by atoms with Crippen LogP contribution in [0.4, 0.5) is 5.82 Å². The second-order valence-corrected chi connectivity index (χ2v) is 4.67. The SMILES string of the molecule is CNC(C)c1cccnc1N1CC=C(C)CC1. The number of nitrogens with zero attached hydrogens (tertiary/aromatic N) is 2. The first kappa shape index (κ1) is 12.1. The van der Waals surface area contributed by atoms with Crippen molar-refractivity contribution in [1.82, 2.24) is 10.3 Å². The summed E-state index contributed by atoms with van der Waals surface area (Å²) in [4.78, 5) is 6.91. The Morgan fingerprint density at radius 1 is 1.47 bits per heavy atom. The zero-order valence-corrected chi connectivity index (χ0v) is 10.9. The van der Waals surface area contributed by atoms with Gasteiger partial charge in [-0.1, -0.05) is 17.7 Å². The standard InChI is InChI=1S/C14H21N3/c1-11-6-9-17(10-7-11)14-13(12(2)15-3)5-4-8-16-14/h4-6,8,12,15H,7,9-10H2,1-3H3. The Balaban J connectivity index is 2.26. The maximum atomic E-state index is 4.55. The molecule has 0 saturated carbocycles. The third-order valence-corrected chi connectivity index (χ3v) is 3.45. The first-order chi connectivity index (χ1) is 8.22. The minimum Gasteiger partial charge on any atom is -0.352 e. The summed E-state index contributed by atoms with van der Waals surface area (Å²) in [6.07, 6.45) is 5.32. The van der Waals surface area contributed by atoms with Crippen molar-refractivity contribution in [2.24, 2.45) is 0 Å². The number of pyridine rings is 1. The van der Waals surface area contributed by atoms with Crippen molar-refractivity contribution >= 4 is 5.82 Å². The third kappa shape index (κ3) is 2.67. The van der Waals surface area contributed by atoms with Crippen molar-refractivity contribution in [2.75, 3.05) is 25.0 Å². The molecule has 1 N–H and O–H groups in total. The number of hydrogen-bond donors (Lipinski definition) is 1. The van der Waals surface area contributed by atoms with Crippen LogP contribution in [-0.2, 0) is 0 Å². The summed E-state index contributed by atoms with van der Waals surface area (Å²) >= 11 is 0. The lowest BCUT2D eigenvalue weighted by atomic mass is 10.1. The van der Waals surface area contributed by atoms with Crippen LogP contribution in [-0.4, -0.2) is 25.1 Å². The largest absolute Gasteiger partial charge is 0.352 e. The van der Waals surface area contributed by atoms with E-state index in [4.69, 9.17) is 0 Å². The molecule has 2 rings (SSSR count). The van der Waals surface area contributed by atoms with Gasteiger partial charge in [0.05, 0.1) is 0 Å². The predicted molar refractivity (Wildman–Crippen MR) is 72.3 cm³/mol. The Labute approximate surface area is 104 Å². The molecule has 0 bridgehead atoms. The Hall–Kier alpha value is -1.35. The molecular formula is C14H21N3. The van der Waals surface area contributed by atoms with E-state index in [9.17, 15) is 0 Å². The van der Waals surface area contributed by atoms with Gasteiger partial charge in [0, 0.05) is 30.9 Å². The second-order valence-electron chi connectivity index (χ2n) is 4.67. The molecule has 1 aliphatic rings. The van der Waals surface area contributed by atoms with Crippen LogP contribution in [0.15, 0.2) is 30.0 Å². The normalized spacial score (nSPS) is 17.8. The number of nitrogens with one attached hydrogen (secondary N) is 1. The first-order valence-corrected chi connectivity index (χ1v) is 6.25. The zero-order chi connectivity index (χ0) is 12.3. The lowest BCUT2D eigenvalue weighted by Crippen LogP contribution is -2.31. The summed E-state index contributed by atoms with van der Waals surface area (Å²) in [5, 5.41) is 3.29. The molecule has 0 spiro atoms. The average Bonchev–Trinajstić information content (AvgIpc) is 2.39. The van der Waals surface area contributed by atoms with Crippen LogP contribution < -0.4 is 10.2 Å². The summed E-state index contributed by atoms with van der Waals surface area (Å²) in [6.45, 7) is 6.42. The van der Waals surface area contributed by atoms with Crippen LogP contribution in [0.1, 0.15) is 31.9 Å². The third-order valence-electron chi connectivity index (χ3n) is 3.45. The van der Waals surface area contributed by atoms with Crippen molar-refractivity contribution in [1.29, 1.82) is 0 Å². The van der Waals surface area contributed by atoms with Crippen LogP contribution in [0.2, 0.25) is 0 Å². The molecule has 1 unspecified atom stereocenters. The molecule has 0 saturated heterocycles. The fourth-order valence-electron chi connectivity index (χ4n) is 2.13. The molecule has 0 radical (unpaired) electrons. The fraction of sp³-hybridized carbons (Fsp3) is 0.500. The van der Waals surface area contributed by atoms with Crippen LogP contribution in [0.5, 0.6) is 0 Å². The smallest absolute Gasteiger partial charge is 0.133 e. The highest BCUT2D eigenvalue weighted by Gasteiger charge is 2.17. The Morgan fingerprint density at radius 3 is 2.94 bits per heavy atom. The van der Waals surface area contributed by atoms with Crippen molar-refractivity contribution < 1.29 is 0 Å². The number of aromatic nitrogens is 1. The van der Waals surface area contributed by atoms with Gasteiger partial charge in [0.2, 0.25) is 0 Å². The van der Waals surface area contributed by atoms with Crippen molar-refractivity contribution in [3.8, 4) is 0 Å². The number of rotatable bonds is 3. The highest BCUT2D eigenvalue weighted by Crippen LogP contribution is 2.25. The monoisotopic (exact) mass is 231 g/mol. The molecule has 1 aromatic rings. The van der Waals surface area contributed by atoms with E-state index in [1.54, 1.807) is 0 Å². The molecule has 1 aliphatic heterocycles. The van der Waals surface area contributed by atoms with Crippen LogP contribution in [0.3, 0.4) is 0 Å². The topological polar surface area (TPSA) is 28.2 Å². The number of hydrogen-bond acceptors (Lipinski definition) is 3. The summed E-state index contributed by atoms with van der Waals surface area (Å²) < 4.78 is 0. The molecule has 0 aromatic carbocycles. The number of anilines is 1. The van der Waals surface area contributed by atoms with E-state index >= 15 is 0 Å². The molecule has 2 heterocycles. The summed E-state index contributed by atoms with van der Waals surface area (Å²) in [5.41, 5.74) is 2.77. The Kier molecular flexibility index (Phi) is 3.79. The Morgan fingerprint density at radius 2 is 2.29 bits per heavy atom. The van der Waals surface area contributed by atoms with Gasteiger partial charge >= 0.3 is 0 Å². The van der Waals surface area contributed by atoms with E-state index in [2.05, 4.69) is 41.2 Å². The van der Waals surface area contributed by atoms with Gasteiger partial charge in [-0.15, -0.1) is 0 Å². The molecule has 92 valence electrons. The minimum atomic E-state index is 0.339. The van der Waals surface area contributed by atoms with Crippen LogP contribution in [0.25, 0.3) is 0 Å². The van der Waals surface area contributed by atoms with Crippen molar-refractivity contribution in [3.63, 3.8) is 0 Å². The molecule has 0 amide bonds. The van der Waals surface area contributed by atoms with Gasteiger partial charge in [-0.05, 0) is 33.4 Å². The van der Waals surface area contributed by atoms with Gasteiger partial charge < -0.3 is 10.2 Å². The van der Waals surface area contributed by atoms with Gasteiger partial charge in [0.25, 0.3) is 0 Å². The van der Waals surface area contributed by atoms with Gasteiger partial charge in [0.1, 0.15) is 5.82 Å². The summed E-state index contributed by atoms with van der Waals surface area (Å²) in [5.74, 6) is 1.12. The molecule has 3 nitrogen and oxygen atoms in total. The maximum absolute atomic E-state index is 4.55. The van der Waals surface area contributed by atoms with E-state index in [1.165, 1.54) is 11.1 Å². The Bertz CT molecular complexity index is 412. The maximum Gasteiger partial charge on any atom is 0.133 e. The molecule has 0 fully saturated rings. The second kappa shape index (κ2) is 5.32. The van der Waals surface area contributed by atoms with E-state index in [0.717, 1.165) is 25.3 Å². The molecule has 0 aliphatic carbocycles. The quantitative estimate of drug-likeness (QED) is 0.810. The zero-order valence-electron chi connectivity index (χ0n) is 10.9. The van der Waals surface area contributed by atoms with Crippen LogP contribution >= 0.6 is 0 Å². The van der Waals surface area contributed by atoms with Gasteiger partial charge in [-0.2, -0.15) is 0 Å². The van der Waals surface area contributed by atoms with Crippen molar-refractivity contribution in [2.45, 2.75) is 26.3 Å². The van der Waals surface area contributed by atoms with Gasteiger partial charge in [-0.25, -0.2) is 4.98 Å². The minimum absolute atomic E-state index is 0.339. The highest BCUT2D eigenvalue weighted by molar-refractivity contribution is 5.49. The summed E-state index contributed by atoms with van der Waals surface area (Å²) in [7, 11) is 1.99. The van der Waals surface area contributed by atoms with Crippen molar-refractivity contribution in [3.05, 3.63) is 35.5 Å². The van der Waals surface area contributed by atoms with Crippen LogP contribution in [0, 0.1) is 0 Å². The molecule has 1 aromatic heterocycles. The van der Waals surface area contributed by atoms with Gasteiger partial charge in [0.15, 0.2) is 0 Å². The molecule has 1 atom stereocenters. The van der Waals surface area contributed by atoms with E-state index in [0.29, 0.717) is 6.04 Å². The lowest BCUT2D eigenvalue weighted by Gasteiger charge is -2.29. The molecular weight excluding hydrogens is 210 g/mol. The summed E-state index contributed by atoms with van der Waals surface area (Å²) in [6, 6.07) is 4.51. The van der Waals surface area contributed by atoms with Gasteiger partial charge in [-0.3, -0.25) is 0 Å². The first-order valence-electron chi connectivity index (χ1n) is 6.25. The molecule has 3 heteroatoms. The highest BCUT2D eigenvalue weighted by atomic mass is 15.2. The van der Waals surface area contributed by atoms with E-state index in [1.807, 2.05) is 19.3 Å². The average molecular weight is 231 g/mol. The van der Waals surface area contributed by atoms with E-state index < -0.39 is 0 Å². The molecule has 17 heavy (non-hydrogen) atoms. The predicted octanol–water partition coefficient (Wildman–Crippen LogP) is 2.52. The fourth-order valence-corrected chi connectivity index (χ4v) is 2.13. The van der Waals surface area contributed by atoms with E-state index in [-0.39, 0.29) is 0 Å². The lowest BCUT2D eigenvalue weighted by molar-refractivity contribution is 0.642.